The number of hydrogen-bond donors (Lipinski definition) is 0. The Hall–Kier alpha value is -3.76. The minimum Gasteiger partial charge on any atom is -0.490 e. The zero-order valence-corrected chi connectivity index (χ0v) is 21.6. The first kappa shape index (κ1) is 24.0. The summed E-state index contributed by atoms with van der Waals surface area (Å²) < 4.78 is 17.1. The van der Waals surface area contributed by atoms with Crippen molar-refractivity contribution in [1.82, 2.24) is 4.98 Å². The van der Waals surface area contributed by atoms with Crippen molar-refractivity contribution in [1.29, 1.82) is 0 Å². The zero-order valence-electron chi connectivity index (χ0n) is 19.2. The number of ether oxygens (including phenoxy) is 2. The summed E-state index contributed by atoms with van der Waals surface area (Å²) in [5.41, 5.74) is 1.27. The average molecular weight is 567 g/mol. The molecule has 3 heterocycles. The fraction of sp³-hybridized carbons (Fsp3) is 0.154. The zero-order chi connectivity index (χ0) is 25.6. The quantitative estimate of drug-likeness (QED) is 0.227. The molecule has 0 spiro atoms. The van der Waals surface area contributed by atoms with E-state index in [4.69, 9.17) is 13.9 Å². The van der Waals surface area contributed by atoms with E-state index in [1.165, 1.54) is 12.0 Å². The minimum atomic E-state index is -0.823. The smallest absolute Gasteiger partial charge is 0.350 e. The molecular weight excluding hydrogens is 548 g/mol. The third kappa shape index (κ3) is 3.92. The van der Waals surface area contributed by atoms with Crippen LogP contribution >= 0.6 is 27.3 Å². The van der Waals surface area contributed by atoms with Crippen molar-refractivity contribution in [3.8, 4) is 5.75 Å². The van der Waals surface area contributed by atoms with Crippen LogP contribution in [0.25, 0.3) is 11.0 Å². The van der Waals surface area contributed by atoms with Crippen LogP contribution in [0.3, 0.4) is 0 Å². The standard InChI is InChI=1S/C26H19BrN2O6S/c1-4-11-34-16-8-5-14(6-9-16)20-19-21(30)17-12-15(27)7-10-18(17)35-22(19)24(31)29(20)26-28-13(2)23(36-26)25(32)33-3/h4-10,12,20H,1,11H2,2-3H3. The van der Waals surface area contributed by atoms with Crippen molar-refractivity contribution >= 4 is 55.2 Å². The van der Waals surface area contributed by atoms with E-state index in [1.54, 1.807) is 55.5 Å². The number of amides is 1. The molecular formula is C26H19BrN2O6S. The highest BCUT2D eigenvalue weighted by atomic mass is 79.9. The number of esters is 1. The molecule has 1 unspecified atom stereocenters. The SMILES string of the molecule is C=CCOc1ccc(C2c3c(oc4ccc(Br)cc4c3=O)C(=O)N2c2nc(C)c(C(=O)OC)s2)cc1. The molecule has 1 atom stereocenters. The van der Waals surface area contributed by atoms with E-state index in [2.05, 4.69) is 27.5 Å². The van der Waals surface area contributed by atoms with Crippen LogP contribution < -0.4 is 15.1 Å². The Labute approximate surface area is 217 Å². The van der Waals surface area contributed by atoms with E-state index in [1.807, 2.05) is 0 Å². The number of nitrogens with zero attached hydrogens (tertiary/aromatic N) is 2. The highest BCUT2D eigenvalue weighted by Gasteiger charge is 2.45. The first-order valence-electron chi connectivity index (χ1n) is 10.8. The number of carbonyl (C=O) groups is 2. The summed E-state index contributed by atoms with van der Waals surface area (Å²) in [6, 6.07) is 11.3. The van der Waals surface area contributed by atoms with Gasteiger partial charge in [0.1, 0.15) is 22.8 Å². The number of anilines is 1. The summed E-state index contributed by atoms with van der Waals surface area (Å²) in [7, 11) is 1.28. The van der Waals surface area contributed by atoms with Gasteiger partial charge < -0.3 is 13.9 Å². The third-order valence-corrected chi connectivity index (χ3v) is 7.39. The van der Waals surface area contributed by atoms with Gasteiger partial charge in [0, 0.05) is 4.47 Å². The molecule has 0 fully saturated rings. The maximum Gasteiger partial charge on any atom is 0.350 e. The summed E-state index contributed by atoms with van der Waals surface area (Å²) in [6.07, 6.45) is 1.64. The van der Waals surface area contributed by atoms with Crippen LogP contribution in [-0.4, -0.2) is 30.6 Å². The summed E-state index contributed by atoms with van der Waals surface area (Å²) in [5.74, 6) is -0.513. The Morgan fingerprint density at radius 2 is 2.00 bits per heavy atom. The fourth-order valence-corrected chi connectivity index (χ4v) is 5.50. The Bertz CT molecular complexity index is 1590. The van der Waals surface area contributed by atoms with Crippen LogP contribution in [0.1, 0.15) is 43.1 Å². The highest BCUT2D eigenvalue weighted by molar-refractivity contribution is 9.10. The van der Waals surface area contributed by atoms with Crippen molar-refractivity contribution in [3.05, 3.63) is 97.3 Å². The number of aryl methyl sites for hydroxylation is 1. The Balaban J connectivity index is 1.72. The lowest BCUT2D eigenvalue weighted by atomic mass is 9.98. The van der Waals surface area contributed by atoms with Gasteiger partial charge in [-0.1, -0.05) is 52.1 Å². The lowest BCUT2D eigenvalue weighted by Crippen LogP contribution is -2.29. The van der Waals surface area contributed by atoms with Crippen molar-refractivity contribution in [3.63, 3.8) is 0 Å². The molecule has 0 aliphatic carbocycles. The van der Waals surface area contributed by atoms with Gasteiger partial charge in [-0.3, -0.25) is 14.5 Å². The van der Waals surface area contributed by atoms with Crippen LogP contribution in [0.2, 0.25) is 0 Å². The number of halogens is 1. The second kappa shape index (κ2) is 9.36. The lowest BCUT2D eigenvalue weighted by molar-refractivity contribution is 0.0605. The molecule has 0 radical (unpaired) electrons. The predicted molar refractivity (Wildman–Crippen MR) is 139 cm³/mol. The Morgan fingerprint density at radius 1 is 1.25 bits per heavy atom. The van der Waals surface area contributed by atoms with Crippen molar-refractivity contribution in [2.45, 2.75) is 13.0 Å². The number of hydrogen-bond acceptors (Lipinski definition) is 8. The van der Waals surface area contributed by atoms with E-state index in [0.717, 1.165) is 11.3 Å². The second-order valence-corrected chi connectivity index (χ2v) is 9.86. The average Bonchev–Trinajstić information content (AvgIpc) is 3.40. The van der Waals surface area contributed by atoms with Crippen molar-refractivity contribution < 1.29 is 23.5 Å². The first-order chi connectivity index (χ1) is 17.3. The van der Waals surface area contributed by atoms with Gasteiger partial charge >= 0.3 is 5.97 Å². The number of carbonyl (C=O) groups excluding carboxylic acids is 2. The highest BCUT2D eigenvalue weighted by Crippen LogP contribution is 2.43. The van der Waals surface area contributed by atoms with Crippen LogP contribution in [0.15, 0.2) is 68.8 Å². The van der Waals surface area contributed by atoms with Gasteiger partial charge in [0.15, 0.2) is 10.6 Å². The summed E-state index contributed by atoms with van der Waals surface area (Å²) in [4.78, 5) is 45.8. The van der Waals surface area contributed by atoms with Crippen LogP contribution in [0, 0.1) is 6.92 Å². The number of thiazole rings is 1. The minimum absolute atomic E-state index is 0.0562. The Kier molecular flexibility index (Phi) is 6.23. The Morgan fingerprint density at radius 3 is 2.69 bits per heavy atom. The molecule has 8 nitrogen and oxygen atoms in total. The third-order valence-electron chi connectivity index (χ3n) is 5.76. The molecule has 1 aliphatic heterocycles. The molecule has 0 saturated carbocycles. The normalized spacial score (nSPS) is 14.7. The van der Waals surface area contributed by atoms with E-state index < -0.39 is 17.9 Å². The van der Waals surface area contributed by atoms with Crippen LogP contribution in [-0.2, 0) is 4.74 Å². The molecule has 2 aromatic carbocycles. The van der Waals surface area contributed by atoms with Gasteiger partial charge in [0.25, 0.3) is 5.91 Å². The van der Waals surface area contributed by atoms with Crippen LogP contribution in [0.4, 0.5) is 5.13 Å². The molecule has 182 valence electrons. The van der Waals surface area contributed by atoms with E-state index in [-0.39, 0.29) is 26.8 Å². The lowest BCUT2D eigenvalue weighted by Gasteiger charge is -2.22. The summed E-state index contributed by atoms with van der Waals surface area (Å²) in [5, 5.41) is 0.602. The molecule has 4 aromatic rings. The number of aromatic nitrogens is 1. The predicted octanol–water partition coefficient (Wildman–Crippen LogP) is 5.42. The number of rotatable bonds is 6. The van der Waals surface area contributed by atoms with Crippen LogP contribution in [0.5, 0.6) is 5.75 Å². The topological polar surface area (TPSA) is 98.9 Å². The second-order valence-electron chi connectivity index (χ2n) is 7.96. The summed E-state index contributed by atoms with van der Waals surface area (Å²) in [6.45, 7) is 5.65. The van der Waals surface area contributed by atoms with Gasteiger partial charge in [-0.15, -0.1) is 0 Å². The largest absolute Gasteiger partial charge is 0.490 e. The first-order valence-corrected chi connectivity index (χ1v) is 12.4. The number of benzene rings is 2. The molecule has 0 N–H and O–H groups in total. The van der Waals surface area contributed by atoms with E-state index in [9.17, 15) is 14.4 Å². The summed E-state index contributed by atoms with van der Waals surface area (Å²) >= 11 is 4.42. The fourth-order valence-electron chi connectivity index (χ4n) is 4.13. The van der Waals surface area contributed by atoms with E-state index in [0.29, 0.717) is 39.1 Å². The molecule has 10 heteroatoms. The maximum absolute atomic E-state index is 13.7. The molecule has 5 rings (SSSR count). The van der Waals surface area contributed by atoms with E-state index >= 15 is 0 Å². The molecule has 0 saturated heterocycles. The molecule has 0 bridgehead atoms. The molecule has 1 amide bonds. The van der Waals surface area contributed by atoms with Gasteiger partial charge in [-0.2, -0.15) is 0 Å². The van der Waals surface area contributed by atoms with Gasteiger partial charge in [-0.25, -0.2) is 9.78 Å². The van der Waals surface area contributed by atoms with Gasteiger partial charge in [0.05, 0.1) is 29.8 Å². The molecule has 2 aromatic heterocycles. The number of methoxy groups -OCH3 is 1. The maximum atomic E-state index is 13.7. The monoisotopic (exact) mass is 566 g/mol. The van der Waals surface area contributed by atoms with Gasteiger partial charge in [0.2, 0.25) is 5.76 Å². The van der Waals surface area contributed by atoms with Crippen molar-refractivity contribution in [2.24, 2.45) is 0 Å². The molecule has 36 heavy (non-hydrogen) atoms. The van der Waals surface area contributed by atoms with Gasteiger partial charge in [-0.05, 0) is 42.8 Å². The number of fused-ring (bicyclic) bond motifs is 2. The van der Waals surface area contributed by atoms with Crippen molar-refractivity contribution in [2.75, 3.05) is 18.6 Å². The molecule has 1 aliphatic rings.